The third-order valence-electron chi connectivity index (χ3n) is 3.24. The number of hydrogen-bond acceptors (Lipinski definition) is 3. The lowest BCUT2D eigenvalue weighted by Crippen LogP contribution is -2.43. The summed E-state index contributed by atoms with van der Waals surface area (Å²) >= 11 is 0. The number of amides is 1. The van der Waals surface area contributed by atoms with Gasteiger partial charge in [-0.3, -0.25) is 9.59 Å². The number of nitrogens with zero attached hydrogens (tertiary/aromatic N) is 1. The standard InChI is InChI=1S/C9H14N2O3/c10-7(9(13)14)4-11-3-5-1-2-6(5)8(11)12/h5-7H,1-4,10H2,(H,13,14). The molecular formula is C9H14N2O3. The Kier molecular flexibility index (Phi) is 2.19. The van der Waals surface area contributed by atoms with Gasteiger partial charge in [0.05, 0.1) is 0 Å². The second-order valence-electron chi connectivity index (χ2n) is 4.13. The Bertz CT molecular complexity index is 279. The second kappa shape index (κ2) is 3.24. The molecule has 1 aliphatic carbocycles. The summed E-state index contributed by atoms with van der Waals surface area (Å²) in [6.07, 6.45) is 2.05. The number of hydrogen-bond donors (Lipinski definition) is 2. The Morgan fingerprint density at radius 1 is 1.64 bits per heavy atom. The van der Waals surface area contributed by atoms with Crippen LogP contribution in [-0.4, -0.2) is 41.0 Å². The lowest BCUT2D eigenvalue weighted by molar-refractivity contribution is -0.140. The molecule has 1 aliphatic heterocycles. The minimum Gasteiger partial charge on any atom is -0.480 e. The Hall–Kier alpha value is -1.10. The lowest BCUT2D eigenvalue weighted by Gasteiger charge is -2.25. The second-order valence-corrected chi connectivity index (χ2v) is 4.13. The van der Waals surface area contributed by atoms with E-state index < -0.39 is 12.0 Å². The van der Waals surface area contributed by atoms with E-state index in [2.05, 4.69) is 0 Å². The zero-order valence-corrected chi connectivity index (χ0v) is 7.85. The van der Waals surface area contributed by atoms with Crippen LogP contribution in [0.1, 0.15) is 12.8 Å². The number of carbonyl (C=O) groups is 2. The zero-order valence-electron chi connectivity index (χ0n) is 7.85. The lowest BCUT2D eigenvalue weighted by atomic mass is 9.76. The molecule has 2 aliphatic rings. The van der Waals surface area contributed by atoms with Crippen LogP contribution in [0.3, 0.4) is 0 Å². The van der Waals surface area contributed by atoms with Gasteiger partial charge in [0.15, 0.2) is 0 Å². The molecule has 0 aromatic heterocycles. The summed E-state index contributed by atoms with van der Waals surface area (Å²) in [5, 5.41) is 8.61. The van der Waals surface area contributed by atoms with Crippen molar-refractivity contribution in [3.63, 3.8) is 0 Å². The normalized spacial score (nSPS) is 32.4. The quantitative estimate of drug-likeness (QED) is 0.626. The van der Waals surface area contributed by atoms with Gasteiger partial charge in [0.25, 0.3) is 0 Å². The predicted octanol–water partition coefficient (Wildman–Crippen LogP) is -0.733. The van der Waals surface area contributed by atoms with Gasteiger partial charge in [0.2, 0.25) is 5.91 Å². The van der Waals surface area contributed by atoms with Gasteiger partial charge in [-0.1, -0.05) is 0 Å². The van der Waals surface area contributed by atoms with E-state index in [1.807, 2.05) is 0 Å². The molecule has 0 aromatic rings. The summed E-state index contributed by atoms with van der Waals surface area (Å²) < 4.78 is 0. The first-order valence-electron chi connectivity index (χ1n) is 4.86. The van der Waals surface area contributed by atoms with Crippen LogP contribution in [0.4, 0.5) is 0 Å². The molecule has 2 rings (SSSR count). The van der Waals surface area contributed by atoms with E-state index in [4.69, 9.17) is 10.8 Å². The fraction of sp³-hybridized carbons (Fsp3) is 0.778. The van der Waals surface area contributed by atoms with Crippen LogP contribution in [0.15, 0.2) is 0 Å². The van der Waals surface area contributed by atoms with Crippen molar-refractivity contribution >= 4 is 11.9 Å². The summed E-state index contributed by atoms with van der Waals surface area (Å²) in [6.45, 7) is 0.853. The average Bonchev–Trinajstić information content (AvgIpc) is 2.26. The minimum atomic E-state index is -1.04. The molecule has 1 amide bonds. The zero-order chi connectivity index (χ0) is 10.3. The predicted molar refractivity (Wildman–Crippen MR) is 48.4 cm³/mol. The highest BCUT2D eigenvalue weighted by Crippen LogP contribution is 2.41. The van der Waals surface area contributed by atoms with Crippen molar-refractivity contribution in [1.82, 2.24) is 4.90 Å². The number of likely N-dealkylation sites (tertiary alicyclic amines) is 1. The maximum absolute atomic E-state index is 11.6. The monoisotopic (exact) mass is 198 g/mol. The van der Waals surface area contributed by atoms with Gasteiger partial charge >= 0.3 is 5.97 Å². The molecule has 78 valence electrons. The Balaban J connectivity index is 1.93. The van der Waals surface area contributed by atoms with Crippen molar-refractivity contribution in [2.75, 3.05) is 13.1 Å². The third kappa shape index (κ3) is 1.37. The van der Waals surface area contributed by atoms with Crippen molar-refractivity contribution in [2.24, 2.45) is 17.6 Å². The maximum Gasteiger partial charge on any atom is 0.322 e. The molecule has 3 atom stereocenters. The number of rotatable bonds is 3. The van der Waals surface area contributed by atoms with Gasteiger partial charge in [-0.05, 0) is 18.8 Å². The molecule has 1 heterocycles. The molecule has 5 nitrogen and oxygen atoms in total. The van der Waals surface area contributed by atoms with Crippen LogP contribution in [0, 0.1) is 11.8 Å². The van der Waals surface area contributed by atoms with Crippen LogP contribution >= 0.6 is 0 Å². The molecule has 0 bridgehead atoms. The number of carboxylic acid groups (broad SMARTS) is 1. The van der Waals surface area contributed by atoms with Crippen LogP contribution < -0.4 is 5.73 Å². The first-order chi connectivity index (χ1) is 6.59. The number of carbonyl (C=O) groups excluding carboxylic acids is 1. The van der Waals surface area contributed by atoms with Gasteiger partial charge in [-0.15, -0.1) is 0 Å². The number of fused-ring (bicyclic) bond motifs is 1. The molecule has 0 spiro atoms. The van der Waals surface area contributed by atoms with Crippen LogP contribution in [0.5, 0.6) is 0 Å². The third-order valence-corrected chi connectivity index (χ3v) is 3.24. The van der Waals surface area contributed by atoms with E-state index in [0.717, 1.165) is 12.8 Å². The van der Waals surface area contributed by atoms with Crippen molar-refractivity contribution in [2.45, 2.75) is 18.9 Å². The molecule has 1 saturated heterocycles. The van der Waals surface area contributed by atoms with Gasteiger partial charge in [-0.25, -0.2) is 0 Å². The van der Waals surface area contributed by atoms with E-state index in [1.165, 1.54) is 0 Å². The van der Waals surface area contributed by atoms with Crippen LogP contribution in [-0.2, 0) is 9.59 Å². The summed E-state index contributed by atoms with van der Waals surface area (Å²) in [4.78, 5) is 23.7. The van der Waals surface area contributed by atoms with E-state index in [9.17, 15) is 9.59 Å². The smallest absolute Gasteiger partial charge is 0.322 e. The van der Waals surface area contributed by atoms with Gasteiger partial charge in [0.1, 0.15) is 6.04 Å². The summed E-state index contributed by atoms with van der Waals surface area (Å²) in [7, 11) is 0. The van der Waals surface area contributed by atoms with Crippen LogP contribution in [0.25, 0.3) is 0 Å². The topological polar surface area (TPSA) is 83.6 Å². The molecule has 3 unspecified atom stereocenters. The van der Waals surface area contributed by atoms with E-state index in [0.29, 0.717) is 12.5 Å². The molecule has 2 fully saturated rings. The average molecular weight is 198 g/mol. The SMILES string of the molecule is NC(CN1CC2CCC2C1=O)C(=O)O. The number of aliphatic carboxylic acids is 1. The molecule has 0 radical (unpaired) electrons. The van der Waals surface area contributed by atoms with Gasteiger partial charge < -0.3 is 15.7 Å². The van der Waals surface area contributed by atoms with E-state index >= 15 is 0 Å². The van der Waals surface area contributed by atoms with Crippen molar-refractivity contribution in [3.8, 4) is 0 Å². The van der Waals surface area contributed by atoms with Crippen molar-refractivity contribution in [1.29, 1.82) is 0 Å². The highest BCUT2D eigenvalue weighted by molar-refractivity contribution is 5.83. The van der Waals surface area contributed by atoms with E-state index in [1.54, 1.807) is 4.90 Å². The highest BCUT2D eigenvalue weighted by atomic mass is 16.4. The molecule has 3 N–H and O–H groups in total. The van der Waals surface area contributed by atoms with Crippen molar-refractivity contribution < 1.29 is 14.7 Å². The Morgan fingerprint density at radius 3 is 2.71 bits per heavy atom. The Labute approximate surface area is 81.9 Å². The maximum atomic E-state index is 11.6. The summed E-state index contributed by atoms with van der Waals surface area (Å²) in [5.41, 5.74) is 5.38. The van der Waals surface area contributed by atoms with E-state index in [-0.39, 0.29) is 18.4 Å². The molecule has 0 aromatic carbocycles. The molecular weight excluding hydrogens is 184 g/mol. The molecule has 14 heavy (non-hydrogen) atoms. The van der Waals surface area contributed by atoms with Gasteiger partial charge in [0, 0.05) is 19.0 Å². The highest BCUT2D eigenvalue weighted by Gasteiger charge is 2.46. The van der Waals surface area contributed by atoms with Gasteiger partial charge in [-0.2, -0.15) is 0 Å². The number of carboxylic acids is 1. The fourth-order valence-electron chi connectivity index (χ4n) is 2.20. The first-order valence-corrected chi connectivity index (χ1v) is 4.86. The largest absolute Gasteiger partial charge is 0.480 e. The molecule has 5 heteroatoms. The first kappa shape index (κ1) is 9.45. The summed E-state index contributed by atoms with van der Waals surface area (Å²) in [6, 6.07) is -0.948. The van der Waals surface area contributed by atoms with Crippen molar-refractivity contribution in [3.05, 3.63) is 0 Å². The minimum absolute atomic E-state index is 0.0953. The molecule has 1 saturated carbocycles. The fourth-order valence-corrected chi connectivity index (χ4v) is 2.20. The Morgan fingerprint density at radius 2 is 2.36 bits per heavy atom. The summed E-state index contributed by atoms with van der Waals surface area (Å²) in [5.74, 6) is -0.325. The van der Waals surface area contributed by atoms with Crippen LogP contribution in [0.2, 0.25) is 0 Å². The number of nitrogens with two attached hydrogens (primary N) is 1.